The van der Waals surface area contributed by atoms with Crippen LogP contribution in [0.25, 0.3) is 0 Å². The van der Waals surface area contributed by atoms with Crippen LogP contribution in [0.3, 0.4) is 0 Å². The van der Waals surface area contributed by atoms with E-state index < -0.39 is 0 Å². The molecule has 0 atom stereocenters. The fourth-order valence-electron chi connectivity index (χ4n) is 3.72. The number of benzene rings is 1. The highest BCUT2D eigenvalue weighted by molar-refractivity contribution is 14.0. The van der Waals surface area contributed by atoms with Crippen LogP contribution in [0, 0.1) is 5.92 Å². The first-order valence-corrected chi connectivity index (χ1v) is 11.1. The van der Waals surface area contributed by atoms with Crippen molar-refractivity contribution in [3.63, 3.8) is 0 Å². The van der Waals surface area contributed by atoms with E-state index in [1.54, 1.807) is 0 Å². The molecule has 0 saturated heterocycles. The topological polar surface area (TPSA) is 78.4 Å². The zero-order chi connectivity index (χ0) is 21.0. The largest absolute Gasteiger partial charge is 0.357 e. The summed E-state index contributed by atoms with van der Waals surface area (Å²) in [5.74, 6) is 1.09. The van der Waals surface area contributed by atoms with Gasteiger partial charge in [-0.05, 0) is 49.6 Å². The molecule has 1 aliphatic carbocycles. The quantitative estimate of drug-likeness (QED) is 0.264. The number of rotatable bonds is 8. The van der Waals surface area contributed by atoms with E-state index in [1.165, 1.54) is 6.42 Å². The lowest BCUT2D eigenvalue weighted by Crippen LogP contribution is -2.38. The number of pyridine rings is 1. The molecule has 0 bridgehead atoms. The van der Waals surface area contributed by atoms with Gasteiger partial charge in [-0.25, -0.2) is 4.99 Å². The Kier molecular flexibility index (Phi) is 11.3. The molecule has 1 heterocycles. The van der Waals surface area contributed by atoms with Gasteiger partial charge in [0.05, 0.1) is 6.54 Å². The van der Waals surface area contributed by atoms with Crippen LogP contribution in [0.5, 0.6) is 0 Å². The summed E-state index contributed by atoms with van der Waals surface area (Å²) < 4.78 is 0. The molecule has 0 radical (unpaired) electrons. The van der Waals surface area contributed by atoms with E-state index in [1.807, 2.05) is 48.7 Å². The van der Waals surface area contributed by atoms with Crippen LogP contribution in [-0.4, -0.2) is 29.9 Å². The Morgan fingerprint density at radius 2 is 1.94 bits per heavy atom. The fourth-order valence-corrected chi connectivity index (χ4v) is 3.72. The van der Waals surface area contributed by atoms with Gasteiger partial charge < -0.3 is 16.0 Å². The number of guanidine groups is 1. The van der Waals surface area contributed by atoms with Gasteiger partial charge in [0.2, 0.25) is 5.91 Å². The van der Waals surface area contributed by atoms with Crippen molar-refractivity contribution in [2.45, 2.75) is 52.0 Å². The number of halogens is 1. The molecule has 31 heavy (non-hydrogen) atoms. The van der Waals surface area contributed by atoms with Crippen LogP contribution in [0.4, 0.5) is 5.69 Å². The molecule has 168 valence electrons. The number of amides is 1. The third-order valence-electron chi connectivity index (χ3n) is 5.33. The predicted octanol–water partition coefficient (Wildman–Crippen LogP) is 4.52. The molecule has 0 aliphatic heterocycles. The highest BCUT2D eigenvalue weighted by Crippen LogP contribution is 2.25. The van der Waals surface area contributed by atoms with Crippen molar-refractivity contribution in [3.05, 3.63) is 59.9 Å². The van der Waals surface area contributed by atoms with E-state index in [0.29, 0.717) is 6.54 Å². The smallest absolute Gasteiger partial charge is 0.227 e. The zero-order valence-electron chi connectivity index (χ0n) is 18.3. The first kappa shape index (κ1) is 25.1. The van der Waals surface area contributed by atoms with Crippen molar-refractivity contribution in [1.82, 2.24) is 15.6 Å². The van der Waals surface area contributed by atoms with Gasteiger partial charge >= 0.3 is 0 Å². The molecular weight excluding hydrogens is 501 g/mol. The first-order chi connectivity index (χ1) is 14.7. The van der Waals surface area contributed by atoms with Crippen LogP contribution >= 0.6 is 24.0 Å². The summed E-state index contributed by atoms with van der Waals surface area (Å²) in [5.41, 5.74) is 2.98. The van der Waals surface area contributed by atoms with Gasteiger partial charge in [0.1, 0.15) is 0 Å². The van der Waals surface area contributed by atoms with Crippen LogP contribution in [0.2, 0.25) is 0 Å². The van der Waals surface area contributed by atoms with E-state index >= 15 is 0 Å². The maximum Gasteiger partial charge on any atom is 0.227 e. The second-order valence-electron chi connectivity index (χ2n) is 7.72. The molecule has 1 amide bonds. The van der Waals surface area contributed by atoms with Gasteiger partial charge in [-0.2, -0.15) is 0 Å². The molecule has 1 aliphatic rings. The number of aromatic nitrogens is 1. The fraction of sp³-hybridized carbons (Fsp3) is 0.458. The molecule has 3 N–H and O–H groups in total. The van der Waals surface area contributed by atoms with Crippen LogP contribution in [0.15, 0.2) is 53.7 Å². The van der Waals surface area contributed by atoms with E-state index in [9.17, 15) is 4.79 Å². The number of anilines is 1. The van der Waals surface area contributed by atoms with Gasteiger partial charge in [0.25, 0.3) is 0 Å². The van der Waals surface area contributed by atoms with Crippen molar-refractivity contribution in [3.8, 4) is 0 Å². The van der Waals surface area contributed by atoms with Gasteiger partial charge in [-0.15, -0.1) is 24.0 Å². The number of nitrogens with zero attached hydrogens (tertiary/aromatic N) is 2. The summed E-state index contributed by atoms with van der Waals surface area (Å²) in [4.78, 5) is 21.5. The minimum atomic E-state index is 0. The molecule has 2 aromatic rings. The van der Waals surface area contributed by atoms with Crippen molar-refractivity contribution in [1.29, 1.82) is 0 Å². The molecule has 1 aromatic heterocycles. The van der Waals surface area contributed by atoms with Crippen molar-refractivity contribution in [2.24, 2.45) is 10.9 Å². The number of hydrogen-bond donors (Lipinski definition) is 3. The molecular formula is C24H34IN5O. The minimum Gasteiger partial charge on any atom is -0.357 e. The Bertz CT molecular complexity index is 822. The molecule has 3 rings (SSSR count). The Morgan fingerprint density at radius 3 is 2.68 bits per heavy atom. The number of nitrogens with one attached hydrogen (secondary N) is 3. The molecule has 1 aromatic carbocycles. The van der Waals surface area contributed by atoms with E-state index in [0.717, 1.165) is 68.1 Å². The van der Waals surface area contributed by atoms with Crippen molar-refractivity contribution in [2.75, 3.05) is 18.4 Å². The maximum absolute atomic E-state index is 12.5. The van der Waals surface area contributed by atoms with Gasteiger partial charge in [-0.3, -0.25) is 9.78 Å². The number of aliphatic imine (C=N–C) groups is 1. The van der Waals surface area contributed by atoms with Crippen LogP contribution in [0.1, 0.15) is 50.3 Å². The summed E-state index contributed by atoms with van der Waals surface area (Å²) in [6.45, 7) is 4.16. The third kappa shape index (κ3) is 8.85. The Morgan fingerprint density at radius 1 is 1.10 bits per heavy atom. The summed E-state index contributed by atoms with van der Waals surface area (Å²) >= 11 is 0. The molecule has 0 spiro atoms. The van der Waals surface area contributed by atoms with Crippen LogP contribution in [-0.2, 0) is 17.8 Å². The lowest BCUT2D eigenvalue weighted by molar-refractivity contribution is -0.120. The number of carbonyl (C=O) groups excluding carboxylic acids is 1. The average Bonchev–Trinajstić information content (AvgIpc) is 2.79. The lowest BCUT2D eigenvalue weighted by atomic mass is 9.88. The van der Waals surface area contributed by atoms with Crippen molar-refractivity contribution >= 4 is 41.5 Å². The molecule has 7 heteroatoms. The normalized spacial score (nSPS) is 14.4. The molecule has 0 unspecified atom stereocenters. The van der Waals surface area contributed by atoms with E-state index in [2.05, 4.69) is 32.9 Å². The van der Waals surface area contributed by atoms with E-state index in [4.69, 9.17) is 0 Å². The van der Waals surface area contributed by atoms with Crippen LogP contribution < -0.4 is 16.0 Å². The van der Waals surface area contributed by atoms with Crippen molar-refractivity contribution < 1.29 is 4.79 Å². The SMILES string of the molecule is CCNC(=NCc1cccc(NC(=O)C2CCCCC2)c1)NCCc1ccccn1.I. The summed E-state index contributed by atoms with van der Waals surface area (Å²) in [6.07, 6.45) is 8.24. The summed E-state index contributed by atoms with van der Waals surface area (Å²) in [5, 5.41) is 9.73. The molecule has 1 saturated carbocycles. The predicted molar refractivity (Wildman–Crippen MR) is 138 cm³/mol. The van der Waals surface area contributed by atoms with E-state index in [-0.39, 0.29) is 35.8 Å². The standard InChI is InChI=1S/C24H33N5O.HI/c1-2-25-24(27-16-14-21-12-6-7-15-26-21)28-18-19-9-8-13-22(17-19)29-23(30)20-10-4-3-5-11-20;/h6-9,12-13,15,17,20H,2-5,10-11,14,16,18H2,1H3,(H,29,30)(H2,25,27,28);1H. The van der Waals surface area contributed by atoms with Gasteiger partial charge in [0, 0.05) is 43.0 Å². The Balaban J connectivity index is 0.00000341. The maximum atomic E-state index is 12.5. The third-order valence-corrected chi connectivity index (χ3v) is 5.33. The first-order valence-electron chi connectivity index (χ1n) is 11.1. The molecule has 1 fully saturated rings. The van der Waals surface area contributed by atoms with Gasteiger partial charge in [-0.1, -0.05) is 37.5 Å². The molecule has 6 nitrogen and oxygen atoms in total. The highest BCUT2D eigenvalue weighted by Gasteiger charge is 2.20. The zero-order valence-corrected chi connectivity index (χ0v) is 20.6. The highest BCUT2D eigenvalue weighted by atomic mass is 127. The lowest BCUT2D eigenvalue weighted by Gasteiger charge is -2.20. The second-order valence-corrected chi connectivity index (χ2v) is 7.72. The summed E-state index contributed by atoms with van der Waals surface area (Å²) in [6, 6.07) is 13.9. The number of hydrogen-bond acceptors (Lipinski definition) is 3. The average molecular weight is 535 g/mol. The Hall–Kier alpha value is -2.16. The monoisotopic (exact) mass is 535 g/mol. The Labute approximate surface area is 202 Å². The second kappa shape index (κ2) is 14.0. The van der Waals surface area contributed by atoms with Gasteiger partial charge in [0.15, 0.2) is 5.96 Å². The number of carbonyl (C=O) groups is 1. The minimum absolute atomic E-state index is 0. The summed E-state index contributed by atoms with van der Waals surface area (Å²) in [7, 11) is 0.